The van der Waals surface area contributed by atoms with Gasteiger partial charge < -0.3 is 5.32 Å². The Labute approximate surface area is 109 Å². The number of rotatable bonds is 3. The molecule has 2 aromatic heterocycles. The maximum Gasteiger partial charge on any atom is 0.254 e. The number of thiophene rings is 1. The molecule has 2 aromatic rings. The van der Waals surface area contributed by atoms with Gasteiger partial charge in [0.25, 0.3) is 5.91 Å². The third-order valence-corrected chi connectivity index (χ3v) is 3.74. The normalized spacial score (nSPS) is 12.2. The molecule has 0 aromatic carbocycles. The molecule has 2 rings (SSSR count). The molecule has 0 aliphatic heterocycles. The summed E-state index contributed by atoms with van der Waals surface area (Å²) in [6.07, 6.45) is 2.44. The van der Waals surface area contributed by atoms with Crippen molar-refractivity contribution >= 4 is 17.2 Å². The van der Waals surface area contributed by atoms with Crippen LogP contribution >= 0.6 is 11.3 Å². The van der Waals surface area contributed by atoms with Gasteiger partial charge >= 0.3 is 0 Å². The van der Waals surface area contributed by atoms with E-state index in [0.717, 1.165) is 11.1 Å². The minimum atomic E-state index is -0.607. The Morgan fingerprint density at radius 2 is 2.22 bits per heavy atom. The van der Waals surface area contributed by atoms with Crippen molar-refractivity contribution < 1.29 is 9.18 Å². The van der Waals surface area contributed by atoms with E-state index in [1.54, 1.807) is 11.3 Å². The van der Waals surface area contributed by atoms with Crippen LogP contribution in [0.25, 0.3) is 0 Å². The van der Waals surface area contributed by atoms with Crippen molar-refractivity contribution in [2.45, 2.75) is 19.9 Å². The fourth-order valence-electron chi connectivity index (χ4n) is 1.59. The van der Waals surface area contributed by atoms with Crippen molar-refractivity contribution in [1.29, 1.82) is 0 Å². The molecule has 1 amide bonds. The molecule has 5 heteroatoms. The van der Waals surface area contributed by atoms with Crippen LogP contribution in [0, 0.1) is 12.7 Å². The fraction of sp³-hybridized carbons (Fsp3) is 0.231. The van der Waals surface area contributed by atoms with Crippen molar-refractivity contribution in [3.05, 3.63) is 51.7 Å². The van der Waals surface area contributed by atoms with Gasteiger partial charge in [0.15, 0.2) is 5.82 Å². The lowest BCUT2D eigenvalue weighted by Gasteiger charge is -2.12. The molecule has 1 N–H and O–H groups in total. The Hall–Kier alpha value is -1.75. The standard InChI is InChI=1S/C13H13FN2OS/c1-8-3-4-12(18-8)9(2)16-13(17)10-5-6-15-7-11(10)14/h3-7,9H,1-2H3,(H,16,17). The van der Waals surface area contributed by atoms with Crippen LogP contribution in [-0.2, 0) is 0 Å². The molecule has 3 nitrogen and oxygen atoms in total. The SMILES string of the molecule is Cc1ccc(C(C)NC(=O)c2ccncc2F)s1. The topological polar surface area (TPSA) is 42.0 Å². The molecule has 0 bridgehead atoms. The van der Waals surface area contributed by atoms with Crippen molar-refractivity contribution in [1.82, 2.24) is 10.3 Å². The van der Waals surface area contributed by atoms with Crippen LogP contribution in [0.5, 0.6) is 0 Å². The van der Waals surface area contributed by atoms with Crippen LogP contribution in [0.4, 0.5) is 4.39 Å². The van der Waals surface area contributed by atoms with Crippen molar-refractivity contribution in [3.63, 3.8) is 0 Å². The second-order valence-corrected chi connectivity index (χ2v) is 5.32. The maximum atomic E-state index is 13.4. The zero-order valence-electron chi connectivity index (χ0n) is 10.1. The highest BCUT2D eigenvalue weighted by atomic mass is 32.1. The molecule has 0 saturated carbocycles. The average molecular weight is 264 g/mol. The van der Waals surface area contributed by atoms with Gasteiger partial charge in [-0.15, -0.1) is 11.3 Å². The summed E-state index contributed by atoms with van der Waals surface area (Å²) in [7, 11) is 0. The number of nitrogens with one attached hydrogen (secondary N) is 1. The van der Waals surface area contributed by atoms with Crippen molar-refractivity contribution in [2.24, 2.45) is 0 Å². The minimum Gasteiger partial charge on any atom is -0.345 e. The fourth-order valence-corrected chi connectivity index (χ4v) is 2.47. The van der Waals surface area contributed by atoms with Gasteiger partial charge in [-0.2, -0.15) is 0 Å². The Balaban J connectivity index is 2.10. The third-order valence-electron chi connectivity index (χ3n) is 2.55. The number of carbonyl (C=O) groups excluding carboxylic acids is 1. The molecule has 2 heterocycles. The quantitative estimate of drug-likeness (QED) is 0.925. The van der Waals surface area contributed by atoms with E-state index in [0.29, 0.717) is 0 Å². The van der Waals surface area contributed by atoms with Gasteiger partial charge in [0, 0.05) is 16.0 Å². The van der Waals surface area contributed by atoms with Gasteiger partial charge in [0.05, 0.1) is 17.8 Å². The van der Waals surface area contributed by atoms with E-state index in [9.17, 15) is 9.18 Å². The second kappa shape index (κ2) is 5.27. The Morgan fingerprint density at radius 3 is 2.83 bits per heavy atom. The molecule has 0 aliphatic carbocycles. The summed E-state index contributed by atoms with van der Waals surface area (Å²) >= 11 is 1.62. The van der Waals surface area contributed by atoms with E-state index < -0.39 is 11.7 Å². The maximum absolute atomic E-state index is 13.4. The lowest BCUT2D eigenvalue weighted by molar-refractivity contribution is 0.0936. The first-order valence-electron chi connectivity index (χ1n) is 5.54. The summed E-state index contributed by atoms with van der Waals surface area (Å²) < 4.78 is 13.4. The summed E-state index contributed by atoms with van der Waals surface area (Å²) in [6, 6.07) is 5.20. The van der Waals surface area contributed by atoms with Crippen LogP contribution in [0.15, 0.2) is 30.6 Å². The molecule has 18 heavy (non-hydrogen) atoms. The van der Waals surface area contributed by atoms with Crippen LogP contribution in [0.3, 0.4) is 0 Å². The number of hydrogen-bond acceptors (Lipinski definition) is 3. The van der Waals surface area contributed by atoms with Crippen LogP contribution in [0.1, 0.15) is 33.1 Å². The number of pyridine rings is 1. The van der Waals surface area contributed by atoms with E-state index in [2.05, 4.69) is 10.3 Å². The van der Waals surface area contributed by atoms with E-state index >= 15 is 0 Å². The van der Waals surface area contributed by atoms with Gasteiger partial charge in [-0.1, -0.05) is 0 Å². The molecule has 94 valence electrons. The third kappa shape index (κ3) is 2.73. The molecule has 1 atom stereocenters. The lowest BCUT2D eigenvalue weighted by atomic mass is 10.2. The number of hydrogen-bond donors (Lipinski definition) is 1. The number of halogens is 1. The first-order chi connectivity index (χ1) is 8.58. The Bertz CT molecular complexity index is 568. The van der Waals surface area contributed by atoms with Gasteiger partial charge in [0.1, 0.15) is 0 Å². The number of nitrogens with zero attached hydrogens (tertiary/aromatic N) is 1. The molecule has 1 unspecified atom stereocenters. The number of aromatic nitrogens is 1. The summed E-state index contributed by atoms with van der Waals surface area (Å²) in [4.78, 5) is 17.7. The van der Waals surface area contributed by atoms with E-state index in [1.165, 1.54) is 17.1 Å². The molecular weight excluding hydrogens is 251 g/mol. The first-order valence-corrected chi connectivity index (χ1v) is 6.36. The number of carbonyl (C=O) groups is 1. The Kier molecular flexibility index (Phi) is 3.72. The molecule has 0 spiro atoms. The molecular formula is C13H13FN2OS. The predicted octanol–water partition coefficient (Wildman–Crippen LogP) is 3.08. The number of amides is 1. The van der Waals surface area contributed by atoms with E-state index in [4.69, 9.17) is 0 Å². The van der Waals surface area contributed by atoms with Crippen molar-refractivity contribution in [2.75, 3.05) is 0 Å². The monoisotopic (exact) mass is 264 g/mol. The Morgan fingerprint density at radius 1 is 1.44 bits per heavy atom. The highest BCUT2D eigenvalue weighted by Crippen LogP contribution is 2.22. The molecule has 0 aliphatic rings. The zero-order valence-corrected chi connectivity index (χ0v) is 10.9. The molecule has 0 saturated heterocycles. The van der Waals surface area contributed by atoms with Gasteiger partial charge in [-0.3, -0.25) is 9.78 Å². The highest BCUT2D eigenvalue weighted by molar-refractivity contribution is 7.12. The summed E-state index contributed by atoms with van der Waals surface area (Å²) in [5, 5.41) is 2.77. The highest BCUT2D eigenvalue weighted by Gasteiger charge is 2.15. The van der Waals surface area contributed by atoms with Crippen LogP contribution in [-0.4, -0.2) is 10.9 Å². The summed E-state index contributed by atoms with van der Waals surface area (Å²) in [5.74, 6) is -1.03. The number of aryl methyl sites for hydroxylation is 1. The van der Waals surface area contributed by atoms with Gasteiger partial charge in [-0.05, 0) is 32.0 Å². The van der Waals surface area contributed by atoms with E-state index in [-0.39, 0.29) is 11.6 Å². The summed E-state index contributed by atoms with van der Waals surface area (Å²) in [5.41, 5.74) is 0.0186. The average Bonchev–Trinajstić information content (AvgIpc) is 2.76. The minimum absolute atomic E-state index is 0.0186. The lowest BCUT2D eigenvalue weighted by Crippen LogP contribution is -2.27. The largest absolute Gasteiger partial charge is 0.345 e. The summed E-state index contributed by atoms with van der Waals surface area (Å²) in [6.45, 7) is 3.88. The molecule has 0 radical (unpaired) electrons. The first kappa shape index (κ1) is 12.7. The smallest absolute Gasteiger partial charge is 0.254 e. The second-order valence-electron chi connectivity index (χ2n) is 4.00. The van der Waals surface area contributed by atoms with Crippen molar-refractivity contribution in [3.8, 4) is 0 Å². The van der Waals surface area contributed by atoms with Gasteiger partial charge in [-0.25, -0.2) is 4.39 Å². The predicted molar refractivity (Wildman–Crippen MR) is 69.1 cm³/mol. The molecule has 0 fully saturated rings. The van der Waals surface area contributed by atoms with E-state index in [1.807, 2.05) is 26.0 Å². The zero-order chi connectivity index (χ0) is 13.1. The van der Waals surface area contributed by atoms with Crippen LogP contribution < -0.4 is 5.32 Å². The van der Waals surface area contributed by atoms with Gasteiger partial charge in [0.2, 0.25) is 0 Å². The van der Waals surface area contributed by atoms with Crippen LogP contribution in [0.2, 0.25) is 0 Å².